The first-order valence-electron chi connectivity index (χ1n) is 11.3. The molecule has 0 bridgehead atoms. The molecule has 0 aliphatic rings. The van der Waals surface area contributed by atoms with Crippen LogP contribution in [0.2, 0.25) is 0 Å². The molecule has 1 amide bonds. The van der Waals surface area contributed by atoms with E-state index in [0.29, 0.717) is 6.42 Å². The summed E-state index contributed by atoms with van der Waals surface area (Å²) < 4.78 is 28.9. The van der Waals surface area contributed by atoms with Gasteiger partial charge in [-0.2, -0.15) is 0 Å². The van der Waals surface area contributed by atoms with E-state index in [4.69, 9.17) is 14.0 Å². The number of ether oxygens (including phenoxy) is 2. The molecule has 8 heteroatoms. The molecule has 0 fully saturated rings. The lowest BCUT2D eigenvalue weighted by Crippen LogP contribution is -2.38. The van der Waals surface area contributed by atoms with E-state index in [9.17, 15) is 14.2 Å². The van der Waals surface area contributed by atoms with Gasteiger partial charge >= 0.3 is 20.1 Å². The van der Waals surface area contributed by atoms with Crippen LogP contribution in [-0.4, -0.2) is 31.6 Å². The number of esters is 1. The minimum Gasteiger partial charge on any atom is -0.469 e. The maximum absolute atomic E-state index is 13.0. The number of methoxy groups -OCH3 is 1. The third-order valence-electron chi connectivity index (χ3n) is 5.23. The van der Waals surface area contributed by atoms with Crippen molar-refractivity contribution in [1.29, 1.82) is 0 Å². The molecule has 3 rings (SSSR count). The van der Waals surface area contributed by atoms with E-state index < -0.39 is 32.2 Å². The normalized spacial score (nSPS) is 12.8. The summed E-state index contributed by atoms with van der Waals surface area (Å²) in [7, 11) is -0.992. The summed E-state index contributed by atoms with van der Waals surface area (Å²) >= 11 is 0. The quantitative estimate of drug-likeness (QED) is 0.210. The van der Waals surface area contributed by atoms with Crippen LogP contribution in [0.3, 0.4) is 0 Å². The molecule has 3 unspecified atom stereocenters. The number of carbonyl (C=O) groups is 2. The highest BCUT2D eigenvalue weighted by atomic mass is 31.1. The minimum absolute atomic E-state index is 0.0388. The van der Waals surface area contributed by atoms with Gasteiger partial charge in [0.05, 0.1) is 7.11 Å². The zero-order chi connectivity index (χ0) is 24.9. The maximum atomic E-state index is 13.0. The van der Waals surface area contributed by atoms with Gasteiger partial charge in [-0.1, -0.05) is 91.0 Å². The average Bonchev–Trinajstić information content (AvgIpc) is 2.88. The van der Waals surface area contributed by atoms with Gasteiger partial charge < -0.3 is 9.47 Å². The van der Waals surface area contributed by atoms with Crippen LogP contribution in [-0.2, 0) is 42.8 Å². The zero-order valence-corrected chi connectivity index (χ0v) is 20.4. The van der Waals surface area contributed by atoms with Crippen LogP contribution in [0.1, 0.15) is 16.7 Å². The molecule has 0 saturated heterocycles. The van der Waals surface area contributed by atoms with Crippen LogP contribution in [0.5, 0.6) is 0 Å². The van der Waals surface area contributed by atoms with Crippen molar-refractivity contribution < 1.29 is 28.2 Å². The number of rotatable bonds is 12. The van der Waals surface area contributed by atoms with Gasteiger partial charge in [-0.3, -0.25) is 10.1 Å². The molecule has 3 aromatic carbocycles. The Morgan fingerprint density at radius 3 is 1.86 bits per heavy atom. The van der Waals surface area contributed by atoms with Gasteiger partial charge in [-0.05, 0) is 27.7 Å². The first-order valence-corrected chi connectivity index (χ1v) is 12.6. The van der Waals surface area contributed by atoms with Crippen molar-refractivity contribution in [2.75, 3.05) is 13.3 Å². The molecule has 35 heavy (non-hydrogen) atoms. The Balaban J connectivity index is 1.63. The summed E-state index contributed by atoms with van der Waals surface area (Å²) in [5.41, 5.74) is 2.66. The van der Waals surface area contributed by atoms with E-state index in [1.54, 1.807) is 0 Å². The van der Waals surface area contributed by atoms with Gasteiger partial charge in [0.1, 0.15) is 12.5 Å². The second kappa shape index (κ2) is 14.0. The number of hydrogen-bond donors (Lipinski definition) is 1. The molecule has 0 aliphatic heterocycles. The summed E-state index contributed by atoms with van der Waals surface area (Å²) in [6.45, 7) is 0.0956. The molecule has 1 N–H and O–H groups in total. The van der Waals surface area contributed by atoms with Crippen molar-refractivity contribution in [1.82, 2.24) is 5.32 Å². The minimum atomic E-state index is -2.29. The van der Waals surface area contributed by atoms with Gasteiger partial charge in [0.2, 0.25) is 0 Å². The van der Waals surface area contributed by atoms with E-state index in [1.807, 2.05) is 91.0 Å². The molecule has 7 nitrogen and oxygen atoms in total. The summed E-state index contributed by atoms with van der Waals surface area (Å²) in [6, 6.07) is 28.1. The molecular weight excluding hydrogens is 465 g/mol. The zero-order valence-electron chi connectivity index (χ0n) is 19.5. The van der Waals surface area contributed by atoms with E-state index in [1.165, 1.54) is 7.11 Å². The Labute approximate surface area is 206 Å². The van der Waals surface area contributed by atoms with Gasteiger partial charge in [0.15, 0.2) is 12.4 Å². The number of nitrogens with one attached hydrogen (secondary N) is 1. The van der Waals surface area contributed by atoms with E-state index in [0.717, 1.165) is 16.7 Å². The Kier molecular flexibility index (Phi) is 10.4. The molecule has 3 aromatic rings. The lowest BCUT2D eigenvalue weighted by atomic mass is 10.0. The van der Waals surface area contributed by atoms with Gasteiger partial charge in [-0.15, -0.1) is 4.52 Å². The Morgan fingerprint density at radius 1 is 0.800 bits per heavy atom. The van der Waals surface area contributed by atoms with Crippen LogP contribution >= 0.6 is 8.03 Å². The molecule has 0 aliphatic carbocycles. The number of alkyl carbamates (subject to hydrolysis) is 1. The highest BCUT2D eigenvalue weighted by Crippen LogP contribution is 2.30. The summed E-state index contributed by atoms with van der Waals surface area (Å²) in [4.78, 5) is 24.8. The third kappa shape index (κ3) is 9.32. The average molecular weight is 495 g/mol. The number of amides is 1. The number of hydrogen-bond acceptors (Lipinski definition) is 6. The topological polar surface area (TPSA) is 90.9 Å². The fourth-order valence-electron chi connectivity index (χ4n) is 3.49. The first-order chi connectivity index (χ1) is 17.0. The van der Waals surface area contributed by atoms with Crippen LogP contribution in [0.25, 0.3) is 0 Å². The van der Waals surface area contributed by atoms with Crippen molar-refractivity contribution in [2.24, 2.45) is 5.92 Å². The highest BCUT2D eigenvalue weighted by Gasteiger charge is 2.34. The van der Waals surface area contributed by atoms with E-state index >= 15 is 0 Å². The lowest BCUT2D eigenvalue weighted by molar-refractivity contribution is -0.144. The van der Waals surface area contributed by atoms with Crippen molar-refractivity contribution in [3.05, 3.63) is 108 Å². The predicted molar refractivity (Wildman–Crippen MR) is 133 cm³/mol. The molecular formula is C27H29NO6P+. The molecule has 182 valence electrons. The standard InChI is InChI=1S/C27H28NO6P/c1-32-26(29)24(17-21-11-5-2-6-12-21)20-35(31)34-25(18-22-13-7-3-8-14-22)28-27(30)33-19-23-15-9-4-10-16-23/h2-16,24-25H,17-20H2,1H3/p+1. The molecule has 0 radical (unpaired) electrons. The number of carbonyl (C=O) groups excluding carboxylic acids is 2. The van der Waals surface area contributed by atoms with Crippen molar-refractivity contribution in [2.45, 2.75) is 25.7 Å². The second-order valence-electron chi connectivity index (χ2n) is 7.91. The molecule has 0 spiro atoms. The van der Waals surface area contributed by atoms with Gasteiger partial charge in [0.25, 0.3) is 0 Å². The molecule has 3 atom stereocenters. The monoisotopic (exact) mass is 494 g/mol. The Hall–Kier alpha value is -3.54. The summed E-state index contributed by atoms with van der Waals surface area (Å²) in [6.07, 6.45) is -0.980. The number of benzene rings is 3. The first kappa shape index (κ1) is 26.1. The fraction of sp³-hybridized carbons (Fsp3) is 0.259. The lowest BCUT2D eigenvalue weighted by Gasteiger charge is -2.15. The largest absolute Gasteiger partial charge is 0.511 e. The van der Waals surface area contributed by atoms with Gasteiger partial charge in [-0.25, -0.2) is 4.79 Å². The predicted octanol–water partition coefficient (Wildman–Crippen LogP) is 5.27. The van der Waals surface area contributed by atoms with Crippen molar-refractivity contribution in [3.8, 4) is 0 Å². The van der Waals surface area contributed by atoms with Gasteiger partial charge in [0, 0.05) is 6.42 Å². The van der Waals surface area contributed by atoms with Crippen molar-refractivity contribution >= 4 is 20.1 Å². The van der Waals surface area contributed by atoms with Crippen LogP contribution < -0.4 is 5.32 Å². The second-order valence-corrected chi connectivity index (χ2v) is 9.16. The van der Waals surface area contributed by atoms with Crippen molar-refractivity contribution in [3.63, 3.8) is 0 Å². The smallest absolute Gasteiger partial charge is 0.469 e. The SMILES string of the molecule is COC(=O)C(Cc1ccccc1)C[P+](=O)OC(Cc1ccccc1)NC(=O)OCc1ccccc1. The van der Waals surface area contributed by atoms with Crippen LogP contribution in [0, 0.1) is 5.92 Å². The molecule has 0 saturated carbocycles. The molecule has 0 aromatic heterocycles. The van der Waals surface area contributed by atoms with Crippen LogP contribution in [0.4, 0.5) is 4.79 Å². The summed E-state index contributed by atoms with van der Waals surface area (Å²) in [5.74, 6) is -1.11. The Bertz CT molecular complexity index is 1080. The maximum Gasteiger partial charge on any atom is 0.511 e. The van der Waals surface area contributed by atoms with E-state index in [2.05, 4.69) is 5.32 Å². The van der Waals surface area contributed by atoms with E-state index in [-0.39, 0.29) is 19.2 Å². The highest BCUT2D eigenvalue weighted by molar-refractivity contribution is 7.39. The summed E-state index contributed by atoms with van der Waals surface area (Å²) in [5, 5.41) is 2.65. The Morgan fingerprint density at radius 2 is 1.31 bits per heavy atom. The third-order valence-corrected chi connectivity index (χ3v) is 6.46. The molecule has 0 heterocycles. The van der Waals surface area contributed by atoms with Crippen LogP contribution in [0.15, 0.2) is 91.0 Å². The fourth-order valence-corrected chi connectivity index (χ4v) is 4.63.